The van der Waals surface area contributed by atoms with Crippen LogP contribution in [0, 0.1) is 63.5 Å². The topological polar surface area (TPSA) is 93.8 Å². The van der Waals surface area contributed by atoms with Crippen LogP contribution in [-0.4, -0.2) is 57.9 Å². The number of esters is 1. The number of ketones is 1. The standard InChI is InChI=1S/C50H72FN3O5/c1-30(2)41-36(56)28-50(43-31(3)44(58)54(53(43)27-26-52(12)13)34-16-14-33(51)15-17-34)25-24-48(10)35(42(41)50)18-19-38-47(9)22-21-39(59-40(57)29-45(5,6)32(4)55)46(7,8)37(47)20-23-49(38,48)11/h14-17,30,35,37-39,55H,4,18-29H2,1-3,5-13H3/t35?,37-,38+,39-,47?,48+,49?,50?/m0/s1. The van der Waals surface area contributed by atoms with Gasteiger partial charge in [0.15, 0.2) is 5.78 Å². The Morgan fingerprint density at radius 1 is 0.966 bits per heavy atom. The maximum Gasteiger partial charge on any atom is 0.307 e. The predicted molar refractivity (Wildman–Crippen MR) is 232 cm³/mol. The number of nitrogens with zero attached hydrogens (tertiary/aromatic N) is 3. The van der Waals surface area contributed by atoms with E-state index in [0.717, 1.165) is 62.6 Å². The second-order valence-electron chi connectivity index (χ2n) is 22.1. The fourth-order valence-corrected chi connectivity index (χ4v) is 14.4. The number of carbonyl (C=O) groups excluding carboxylic acids is 2. The van der Waals surface area contributed by atoms with Crippen LogP contribution in [0.1, 0.15) is 138 Å². The molecule has 1 heterocycles. The lowest BCUT2D eigenvalue weighted by molar-refractivity contribution is -0.232. The van der Waals surface area contributed by atoms with Gasteiger partial charge in [0, 0.05) is 34.8 Å². The van der Waals surface area contributed by atoms with Crippen LogP contribution in [0.15, 0.2) is 52.5 Å². The Morgan fingerprint density at radius 2 is 1.63 bits per heavy atom. The van der Waals surface area contributed by atoms with Gasteiger partial charge in [0.25, 0.3) is 5.56 Å². The molecule has 0 aliphatic heterocycles. The van der Waals surface area contributed by atoms with Crippen molar-refractivity contribution in [3.63, 3.8) is 0 Å². The number of carbonyl (C=O) groups is 2. The molecule has 8 nitrogen and oxygen atoms in total. The van der Waals surface area contributed by atoms with Gasteiger partial charge in [-0.25, -0.2) is 9.07 Å². The van der Waals surface area contributed by atoms with Crippen molar-refractivity contribution < 1.29 is 23.8 Å². The van der Waals surface area contributed by atoms with Crippen molar-refractivity contribution in [2.45, 2.75) is 152 Å². The number of fused-ring (bicyclic) bond motifs is 7. The number of hydrogen-bond donors (Lipinski definition) is 1. The lowest BCUT2D eigenvalue weighted by Gasteiger charge is -2.72. The fraction of sp³-hybridized carbons (Fsp3) is 0.700. The van der Waals surface area contributed by atoms with Crippen LogP contribution in [0.2, 0.25) is 0 Å². The average molecular weight is 814 g/mol. The molecule has 1 aromatic heterocycles. The summed E-state index contributed by atoms with van der Waals surface area (Å²) in [6.07, 6.45) is 8.05. The maximum absolute atomic E-state index is 14.7. The molecule has 324 valence electrons. The van der Waals surface area contributed by atoms with E-state index < -0.39 is 10.8 Å². The highest BCUT2D eigenvalue weighted by Gasteiger charge is 2.71. The minimum absolute atomic E-state index is 0.00369. The number of aliphatic hydroxyl groups excluding tert-OH is 1. The van der Waals surface area contributed by atoms with Gasteiger partial charge in [-0.3, -0.25) is 19.1 Å². The molecule has 1 N–H and O–H groups in total. The molecule has 4 saturated carbocycles. The van der Waals surface area contributed by atoms with Crippen molar-refractivity contribution in [2.24, 2.45) is 50.7 Å². The minimum atomic E-state index is -0.744. The summed E-state index contributed by atoms with van der Waals surface area (Å²) in [6.45, 7) is 27.2. The first kappa shape index (κ1) is 43.6. The largest absolute Gasteiger partial charge is 0.512 e. The van der Waals surface area contributed by atoms with Crippen LogP contribution in [0.4, 0.5) is 4.39 Å². The summed E-state index contributed by atoms with van der Waals surface area (Å²) in [7, 11) is 4.07. The Labute approximate surface area is 352 Å². The molecule has 5 aliphatic carbocycles. The Bertz CT molecular complexity index is 2120. The number of benzene rings is 1. The number of rotatable bonds is 10. The van der Waals surface area contributed by atoms with Gasteiger partial charge >= 0.3 is 5.97 Å². The third kappa shape index (κ3) is 6.47. The van der Waals surface area contributed by atoms with Crippen LogP contribution in [0.5, 0.6) is 0 Å². The smallest absolute Gasteiger partial charge is 0.307 e. The molecular formula is C50H72FN3O5. The monoisotopic (exact) mass is 814 g/mol. The van der Waals surface area contributed by atoms with Gasteiger partial charge in [-0.2, -0.15) is 0 Å². The summed E-state index contributed by atoms with van der Waals surface area (Å²) in [5.74, 6) is 0.698. The van der Waals surface area contributed by atoms with E-state index in [9.17, 15) is 23.9 Å². The zero-order chi connectivity index (χ0) is 43.4. The summed E-state index contributed by atoms with van der Waals surface area (Å²) in [4.78, 5) is 44.6. The summed E-state index contributed by atoms with van der Waals surface area (Å²) in [5, 5.41) is 10.1. The molecule has 0 saturated heterocycles. The van der Waals surface area contributed by atoms with Gasteiger partial charge in [0.2, 0.25) is 0 Å². The molecule has 0 bridgehead atoms. The van der Waals surface area contributed by atoms with Gasteiger partial charge in [0.05, 0.1) is 30.1 Å². The first-order valence-electron chi connectivity index (χ1n) is 22.5. The molecule has 0 amide bonds. The Kier molecular flexibility index (Phi) is 10.8. The maximum atomic E-state index is 14.7. The molecule has 4 fully saturated rings. The normalized spacial score (nSPS) is 34.1. The molecule has 59 heavy (non-hydrogen) atoms. The van der Waals surface area contributed by atoms with Crippen LogP contribution in [0.25, 0.3) is 5.69 Å². The van der Waals surface area contributed by atoms with E-state index in [1.807, 2.05) is 34.9 Å². The number of hydrogen-bond acceptors (Lipinski definition) is 6. The second-order valence-corrected chi connectivity index (χ2v) is 22.1. The third-order valence-corrected chi connectivity index (χ3v) is 17.7. The second kappa shape index (κ2) is 14.6. The van der Waals surface area contributed by atoms with Crippen molar-refractivity contribution >= 4 is 11.8 Å². The van der Waals surface area contributed by atoms with E-state index in [-0.39, 0.29) is 74.9 Å². The zero-order valence-corrected chi connectivity index (χ0v) is 38.2. The molecular weight excluding hydrogens is 742 g/mol. The van der Waals surface area contributed by atoms with Crippen LogP contribution >= 0.6 is 0 Å². The van der Waals surface area contributed by atoms with Gasteiger partial charge in [-0.05, 0) is 148 Å². The number of allylic oxidation sites excluding steroid dienone is 3. The highest BCUT2D eigenvalue weighted by molar-refractivity contribution is 6.02. The van der Waals surface area contributed by atoms with Gasteiger partial charge < -0.3 is 14.7 Å². The van der Waals surface area contributed by atoms with E-state index >= 15 is 0 Å². The Morgan fingerprint density at radius 3 is 2.24 bits per heavy atom. The molecule has 2 aromatic rings. The predicted octanol–water partition coefficient (Wildman–Crippen LogP) is 10.3. The summed E-state index contributed by atoms with van der Waals surface area (Å²) >= 11 is 0. The molecule has 0 spiro atoms. The van der Waals surface area contributed by atoms with Crippen molar-refractivity contribution in [1.82, 2.24) is 14.3 Å². The highest BCUT2D eigenvalue weighted by Crippen LogP contribution is 2.77. The lowest BCUT2D eigenvalue weighted by atomic mass is 9.33. The van der Waals surface area contributed by atoms with Crippen molar-refractivity contribution in [2.75, 3.05) is 20.6 Å². The summed E-state index contributed by atoms with van der Waals surface area (Å²) in [5.41, 5.74) is 2.91. The lowest BCUT2D eigenvalue weighted by Crippen LogP contribution is -2.66. The van der Waals surface area contributed by atoms with Crippen LogP contribution in [0.3, 0.4) is 0 Å². The van der Waals surface area contributed by atoms with Gasteiger partial charge in [0.1, 0.15) is 11.9 Å². The van der Waals surface area contributed by atoms with Crippen molar-refractivity contribution in [3.8, 4) is 5.69 Å². The SMILES string of the molecule is C=C(O)C(C)(C)CC(=O)O[C@H]1CCC2(C)[C@H]3CCC4C5=C(C(C)C)C(=O)CC5(c5c(C)c(=O)n(-c6ccc(F)cc6)n5CCN(C)C)CC[C@@]4(C)C3(C)CC[C@H]2C1(C)C. The summed E-state index contributed by atoms with van der Waals surface area (Å²) in [6, 6.07) is 6.20. The van der Waals surface area contributed by atoms with E-state index in [0.29, 0.717) is 42.6 Å². The van der Waals surface area contributed by atoms with Crippen molar-refractivity contribution in [1.29, 1.82) is 0 Å². The molecule has 8 atom stereocenters. The fourth-order valence-electron chi connectivity index (χ4n) is 14.4. The number of halogens is 1. The van der Waals surface area contributed by atoms with Gasteiger partial charge in [-0.1, -0.05) is 68.9 Å². The highest BCUT2D eigenvalue weighted by atomic mass is 19.1. The molecule has 5 aliphatic rings. The summed E-state index contributed by atoms with van der Waals surface area (Å²) < 4.78 is 24.4. The Balaban J connectivity index is 1.29. The number of aromatic nitrogens is 2. The number of ether oxygens (including phenoxy) is 1. The van der Waals surface area contributed by atoms with E-state index in [2.05, 4.69) is 64.6 Å². The van der Waals surface area contributed by atoms with Crippen LogP contribution < -0.4 is 5.56 Å². The first-order valence-corrected chi connectivity index (χ1v) is 22.5. The van der Waals surface area contributed by atoms with Crippen LogP contribution in [-0.2, 0) is 26.3 Å². The molecule has 4 unspecified atom stereocenters. The molecule has 0 radical (unpaired) electrons. The molecule has 9 heteroatoms. The number of likely N-dealkylation sites (N-methyl/N-ethyl adjacent to an activating group) is 1. The third-order valence-electron chi connectivity index (χ3n) is 17.7. The van der Waals surface area contributed by atoms with E-state index in [1.54, 1.807) is 16.8 Å². The zero-order valence-electron chi connectivity index (χ0n) is 38.2. The molecule has 1 aromatic carbocycles. The first-order chi connectivity index (χ1) is 27.4. The quantitative estimate of drug-likeness (QED) is 0.190. The minimum Gasteiger partial charge on any atom is -0.512 e. The average Bonchev–Trinajstić information content (AvgIpc) is 3.58. The number of Topliss-reactive ketones (excluding diaryl/α,β-unsaturated/α-hetero) is 1. The Hall–Kier alpha value is -3.46. The van der Waals surface area contributed by atoms with E-state index in [4.69, 9.17) is 4.74 Å². The number of aliphatic hydroxyl groups is 1. The molecule has 7 rings (SSSR count). The van der Waals surface area contributed by atoms with E-state index in [1.165, 1.54) is 17.7 Å². The van der Waals surface area contributed by atoms with Crippen molar-refractivity contribution in [3.05, 3.63) is 75.2 Å². The van der Waals surface area contributed by atoms with Gasteiger partial charge in [-0.15, -0.1) is 0 Å².